The van der Waals surface area contributed by atoms with Crippen LogP contribution in [-0.4, -0.2) is 44.2 Å². The van der Waals surface area contributed by atoms with Crippen LogP contribution in [0, 0.1) is 6.92 Å². The number of aromatic amines is 1. The quantitative estimate of drug-likeness (QED) is 0.626. The van der Waals surface area contributed by atoms with E-state index in [0.717, 1.165) is 0 Å². The van der Waals surface area contributed by atoms with E-state index in [2.05, 4.69) is 9.72 Å². The highest BCUT2D eigenvalue weighted by atomic mass is 32.2. The Hall–Kier alpha value is -1.23. The van der Waals surface area contributed by atoms with Crippen molar-refractivity contribution in [1.82, 2.24) is 9.71 Å². The van der Waals surface area contributed by atoms with E-state index in [9.17, 15) is 18.0 Å². The maximum absolute atomic E-state index is 11.9. The molecule has 0 fully saturated rings. The number of aryl methyl sites for hydroxylation is 1. The van der Waals surface area contributed by atoms with Crippen LogP contribution in [0.3, 0.4) is 0 Å². The molecule has 0 amide bonds. The second kappa shape index (κ2) is 5.61. The van der Waals surface area contributed by atoms with Crippen LogP contribution < -0.4 is 9.60 Å². The van der Waals surface area contributed by atoms with Crippen molar-refractivity contribution in [3.05, 3.63) is 15.4 Å². The van der Waals surface area contributed by atoms with Gasteiger partial charge < -0.3 is 14.8 Å². The third-order valence-electron chi connectivity index (χ3n) is 1.95. The molecule has 0 aliphatic carbocycles. The molecule has 1 unspecified atom stereocenters. The fourth-order valence-corrected chi connectivity index (χ4v) is 3.70. The molecule has 0 spiro atoms. The lowest BCUT2D eigenvalue weighted by Crippen LogP contribution is -2.43. The van der Waals surface area contributed by atoms with Gasteiger partial charge in [0.15, 0.2) is 4.21 Å². The summed E-state index contributed by atoms with van der Waals surface area (Å²) < 4.78 is 30.1. The molecule has 18 heavy (non-hydrogen) atoms. The Kier molecular flexibility index (Phi) is 4.62. The molecule has 1 rings (SSSR count). The highest BCUT2D eigenvalue weighted by molar-refractivity contribution is 7.91. The fourth-order valence-electron chi connectivity index (χ4n) is 1.21. The third-order valence-corrected chi connectivity index (χ3v) is 5.03. The normalized spacial score (nSPS) is 13.4. The number of rotatable bonds is 6. The van der Waals surface area contributed by atoms with Crippen molar-refractivity contribution in [3.8, 4) is 0 Å². The van der Waals surface area contributed by atoms with Gasteiger partial charge in [-0.15, -0.1) is 0 Å². The minimum atomic E-state index is -4.06. The van der Waals surface area contributed by atoms with E-state index in [1.54, 1.807) is 0 Å². The molecule has 1 aromatic rings. The van der Waals surface area contributed by atoms with Crippen LogP contribution >= 0.6 is 11.3 Å². The topological polar surface area (TPSA) is 126 Å². The molecule has 1 aromatic heterocycles. The molecule has 8 nitrogen and oxygen atoms in total. The van der Waals surface area contributed by atoms with E-state index in [0.29, 0.717) is 11.3 Å². The number of methoxy groups -OCH3 is 1. The molecule has 10 heteroatoms. The number of hydrogen-bond acceptors (Lipinski definition) is 6. The first-order valence-corrected chi connectivity index (χ1v) is 7.01. The van der Waals surface area contributed by atoms with Crippen molar-refractivity contribution < 1.29 is 23.1 Å². The van der Waals surface area contributed by atoms with Crippen molar-refractivity contribution in [1.29, 1.82) is 0 Å². The molecule has 0 bridgehead atoms. The van der Waals surface area contributed by atoms with E-state index in [-0.39, 0.29) is 16.5 Å². The average Bonchev–Trinajstić information content (AvgIpc) is 2.57. The van der Waals surface area contributed by atoms with Gasteiger partial charge in [0.25, 0.3) is 10.0 Å². The summed E-state index contributed by atoms with van der Waals surface area (Å²) >= 11 is 0.498. The number of carboxylic acids is 1. The summed E-state index contributed by atoms with van der Waals surface area (Å²) in [4.78, 5) is 23.6. The van der Waals surface area contributed by atoms with E-state index in [1.807, 2.05) is 4.72 Å². The highest BCUT2D eigenvalue weighted by Crippen LogP contribution is 2.15. The molecule has 3 N–H and O–H groups in total. The van der Waals surface area contributed by atoms with Gasteiger partial charge in [-0.3, -0.25) is 9.59 Å². The summed E-state index contributed by atoms with van der Waals surface area (Å²) in [5.74, 6) is -1.36. The molecule has 0 radical (unpaired) electrons. The molecule has 1 atom stereocenters. The Bertz CT molecular complexity index is 587. The van der Waals surface area contributed by atoms with Crippen LogP contribution in [-0.2, 0) is 19.6 Å². The zero-order chi connectivity index (χ0) is 13.9. The molecule has 0 saturated carbocycles. The lowest BCUT2D eigenvalue weighted by atomic mass is 10.3. The van der Waals surface area contributed by atoms with Gasteiger partial charge in [0.2, 0.25) is 0 Å². The van der Waals surface area contributed by atoms with Gasteiger partial charge in [0.05, 0.1) is 6.61 Å². The van der Waals surface area contributed by atoms with Crippen LogP contribution in [0.5, 0.6) is 0 Å². The van der Waals surface area contributed by atoms with Crippen molar-refractivity contribution in [2.24, 2.45) is 0 Å². The minimum Gasteiger partial charge on any atom is -0.480 e. The van der Waals surface area contributed by atoms with Crippen molar-refractivity contribution in [3.63, 3.8) is 0 Å². The van der Waals surface area contributed by atoms with Crippen molar-refractivity contribution in [2.75, 3.05) is 13.7 Å². The largest absolute Gasteiger partial charge is 0.480 e. The number of aromatic nitrogens is 1. The summed E-state index contributed by atoms with van der Waals surface area (Å²) in [6, 6.07) is -1.41. The third kappa shape index (κ3) is 3.38. The Morgan fingerprint density at radius 3 is 2.61 bits per heavy atom. The zero-order valence-corrected chi connectivity index (χ0v) is 11.2. The molecule has 102 valence electrons. The van der Waals surface area contributed by atoms with Gasteiger partial charge >= 0.3 is 10.8 Å². The molecular formula is C8H12N2O6S2. The Labute approximate surface area is 107 Å². The van der Waals surface area contributed by atoms with Gasteiger partial charge in [-0.2, -0.15) is 4.72 Å². The summed E-state index contributed by atoms with van der Waals surface area (Å²) in [5, 5.41) is 8.82. The number of nitrogens with one attached hydrogen (secondary N) is 2. The molecule has 0 aliphatic heterocycles. The number of carbonyl (C=O) groups is 1. The van der Waals surface area contributed by atoms with Crippen molar-refractivity contribution >= 4 is 27.3 Å². The average molecular weight is 296 g/mol. The zero-order valence-electron chi connectivity index (χ0n) is 9.59. The first-order chi connectivity index (χ1) is 8.27. The van der Waals surface area contributed by atoms with Gasteiger partial charge in [-0.1, -0.05) is 11.3 Å². The first kappa shape index (κ1) is 14.8. The van der Waals surface area contributed by atoms with Crippen LogP contribution in [0.4, 0.5) is 0 Å². The number of thiazole rings is 1. The number of sulfonamides is 1. The number of aliphatic carboxylic acids is 1. The number of hydrogen-bond donors (Lipinski definition) is 3. The number of H-pyrrole nitrogens is 1. The monoisotopic (exact) mass is 296 g/mol. The van der Waals surface area contributed by atoms with Crippen LogP contribution in [0.2, 0.25) is 0 Å². The summed E-state index contributed by atoms with van der Waals surface area (Å²) in [6.07, 6.45) is 0. The summed E-state index contributed by atoms with van der Waals surface area (Å²) in [5.41, 5.74) is 0.166. The minimum absolute atomic E-state index is 0.166. The van der Waals surface area contributed by atoms with Crippen LogP contribution in [0.25, 0.3) is 0 Å². The second-order valence-corrected chi connectivity index (χ2v) is 6.29. The molecule has 0 saturated heterocycles. The number of carboxylic acid groups (broad SMARTS) is 1. The van der Waals surface area contributed by atoms with Crippen LogP contribution in [0.1, 0.15) is 5.69 Å². The van der Waals surface area contributed by atoms with Crippen LogP contribution in [0.15, 0.2) is 9.00 Å². The standard InChI is InChI=1S/C8H12N2O6S2/c1-4-7(17-8(13)9-4)18(14,15)10-5(3-16-2)6(11)12/h5,10H,3H2,1-2H3,(H,9,13)(H,11,12). The number of ether oxygens (including phenoxy) is 1. The summed E-state index contributed by atoms with van der Waals surface area (Å²) in [6.45, 7) is 1.10. The lowest BCUT2D eigenvalue weighted by Gasteiger charge is -2.12. The predicted molar refractivity (Wildman–Crippen MR) is 63.3 cm³/mol. The van der Waals surface area contributed by atoms with Gasteiger partial charge in [-0.25, -0.2) is 8.42 Å². The predicted octanol–water partition coefficient (Wildman–Crippen LogP) is -0.877. The Balaban J connectivity index is 3.04. The molecule has 0 aliphatic rings. The molecule has 0 aromatic carbocycles. The summed E-state index contributed by atoms with van der Waals surface area (Å²) in [7, 11) is -2.81. The van der Waals surface area contributed by atoms with E-state index in [1.165, 1.54) is 14.0 Å². The van der Waals surface area contributed by atoms with E-state index in [4.69, 9.17) is 5.11 Å². The SMILES string of the molecule is COCC(NS(=O)(=O)c1sc(=O)[nH]c1C)C(=O)O. The smallest absolute Gasteiger partial charge is 0.324 e. The fraction of sp³-hybridized carbons (Fsp3) is 0.500. The molecular weight excluding hydrogens is 284 g/mol. The van der Waals surface area contributed by atoms with E-state index >= 15 is 0 Å². The first-order valence-electron chi connectivity index (χ1n) is 4.71. The maximum Gasteiger partial charge on any atom is 0.324 e. The van der Waals surface area contributed by atoms with Crippen molar-refractivity contribution in [2.45, 2.75) is 17.2 Å². The second-order valence-electron chi connectivity index (χ2n) is 3.39. The highest BCUT2D eigenvalue weighted by Gasteiger charge is 2.28. The Morgan fingerprint density at radius 2 is 2.22 bits per heavy atom. The van der Waals surface area contributed by atoms with E-state index < -0.39 is 26.9 Å². The maximum atomic E-state index is 11.9. The van der Waals surface area contributed by atoms with Gasteiger partial charge in [-0.05, 0) is 6.92 Å². The molecule has 1 heterocycles. The Morgan fingerprint density at radius 1 is 1.61 bits per heavy atom. The lowest BCUT2D eigenvalue weighted by molar-refractivity contribution is -0.140. The van der Waals surface area contributed by atoms with Gasteiger partial charge in [0.1, 0.15) is 6.04 Å². The van der Waals surface area contributed by atoms with Gasteiger partial charge in [0, 0.05) is 12.8 Å².